The number of amides is 1. The van der Waals surface area contributed by atoms with E-state index in [9.17, 15) is 23.1 Å². The molecular weight excluding hydrogens is 534 g/mol. The fourth-order valence-electron chi connectivity index (χ4n) is 4.09. The highest BCUT2D eigenvalue weighted by molar-refractivity contribution is 7.89. The van der Waals surface area contributed by atoms with Crippen LogP contribution in [0, 0.1) is 0 Å². The van der Waals surface area contributed by atoms with Gasteiger partial charge in [-0.25, -0.2) is 13.4 Å². The van der Waals surface area contributed by atoms with Crippen molar-refractivity contribution in [3.05, 3.63) is 79.0 Å². The second-order valence-electron chi connectivity index (χ2n) is 9.22. The van der Waals surface area contributed by atoms with Crippen molar-refractivity contribution in [2.75, 3.05) is 18.4 Å². The summed E-state index contributed by atoms with van der Waals surface area (Å²) in [6, 6.07) is 19.6. The van der Waals surface area contributed by atoms with E-state index in [2.05, 4.69) is 25.5 Å². The zero-order chi connectivity index (χ0) is 28.4. The largest absolute Gasteiger partial charge is 0.480 e. The third-order valence-electron chi connectivity index (χ3n) is 6.25. The summed E-state index contributed by atoms with van der Waals surface area (Å²) in [5.74, 6) is -1.21. The molecular formula is C28H31N5O6S. The number of hydrogen-bond acceptors (Lipinski definition) is 8. The predicted octanol–water partition coefficient (Wildman–Crippen LogP) is 3.02. The van der Waals surface area contributed by atoms with Gasteiger partial charge in [-0.15, -0.1) is 0 Å². The van der Waals surface area contributed by atoms with Gasteiger partial charge in [0.1, 0.15) is 23.7 Å². The summed E-state index contributed by atoms with van der Waals surface area (Å²) >= 11 is 0. The minimum atomic E-state index is -4.16. The Labute approximate surface area is 232 Å². The number of hydrogen-bond donors (Lipinski definition) is 4. The van der Waals surface area contributed by atoms with Crippen molar-refractivity contribution in [2.45, 2.75) is 42.7 Å². The van der Waals surface area contributed by atoms with Crippen LogP contribution in [0.2, 0.25) is 0 Å². The molecule has 4 rings (SSSR count). The maximum Gasteiger partial charge on any atom is 0.323 e. The predicted molar refractivity (Wildman–Crippen MR) is 150 cm³/mol. The van der Waals surface area contributed by atoms with E-state index in [1.807, 2.05) is 48.5 Å². The Morgan fingerprint density at radius 3 is 2.40 bits per heavy atom. The first-order valence-corrected chi connectivity index (χ1v) is 14.4. The number of pyridine rings is 1. The molecule has 11 nitrogen and oxygen atoms in total. The van der Waals surface area contributed by atoms with E-state index in [-0.39, 0.29) is 23.1 Å². The van der Waals surface area contributed by atoms with E-state index in [1.165, 1.54) is 12.1 Å². The molecule has 40 heavy (non-hydrogen) atoms. The molecule has 3 aromatic rings. The molecule has 0 spiro atoms. The highest BCUT2D eigenvalue weighted by atomic mass is 32.2. The van der Waals surface area contributed by atoms with Crippen molar-refractivity contribution in [3.8, 4) is 11.1 Å². The summed E-state index contributed by atoms with van der Waals surface area (Å²) in [4.78, 5) is 33.8. The fourth-order valence-corrected chi connectivity index (χ4v) is 5.28. The molecule has 1 aliphatic heterocycles. The van der Waals surface area contributed by atoms with Crippen LogP contribution in [0.1, 0.15) is 25.7 Å². The molecule has 0 saturated heterocycles. The molecule has 0 aliphatic carbocycles. The number of nitrogens with zero attached hydrogens (tertiary/aromatic N) is 2. The number of carbonyl (C=O) groups excluding carboxylic acids is 1. The maximum absolute atomic E-state index is 12.8. The van der Waals surface area contributed by atoms with Crippen molar-refractivity contribution in [1.29, 1.82) is 0 Å². The quantitative estimate of drug-likeness (QED) is 0.217. The van der Waals surface area contributed by atoms with E-state index in [1.54, 1.807) is 18.3 Å². The second kappa shape index (κ2) is 13.7. The average Bonchev–Trinajstić information content (AvgIpc) is 3.45. The Bertz CT molecular complexity index is 1420. The molecule has 2 heterocycles. The maximum atomic E-state index is 12.8. The molecule has 4 N–H and O–H groups in total. The third kappa shape index (κ3) is 8.10. The van der Waals surface area contributed by atoms with Crippen LogP contribution >= 0.6 is 0 Å². The van der Waals surface area contributed by atoms with Crippen molar-refractivity contribution in [1.82, 2.24) is 15.0 Å². The van der Waals surface area contributed by atoms with Gasteiger partial charge in [0.25, 0.3) is 5.91 Å². The molecule has 1 aromatic heterocycles. The molecule has 2 unspecified atom stereocenters. The monoisotopic (exact) mass is 565 g/mol. The Morgan fingerprint density at radius 1 is 0.975 bits per heavy atom. The van der Waals surface area contributed by atoms with Gasteiger partial charge in [-0.3, -0.25) is 9.59 Å². The van der Waals surface area contributed by atoms with Crippen molar-refractivity contribution in [2.24, 2.45) is 5.16 Å². The van der Waals surface area contributed by atoms with E-state index in [0.717, 1.165) is 36.3 Å². The van der Waals surface area contributed by atoms with Crippen LogP contribution < -0.4 is 15.4 Å². The number of anilines is 1. The van der Waals surface area contributed by atoms with Crippen LogP contribution in [0.15, 0.2) is 89.0 Å². The van der Waals surface area contributed by atoms with Crippen molar-refractivity contribution >= 4 is 33.4 Å². The van der Waals surface area contributed by atoms with Gasteiger partial charge >= 0.3 is 5.97 Å². The molecule has 1 aliphatic rings. The number of rotatable bonds is 14. The number of carbonyl (C=O) groups is 2. The van der Waals surface area contributed by atoms with Crippen molar-refractivity contribution in [3.63, 3.8) is 0 Å². The number of nitrogens with one attached hydrogen (secondary N) is 3. The Morgan fingerprint density at radius 2 is 1.70 bits per heavy atom. The lowest BCUT2D eigenvalue weighted by Gasteiger charge is -2.16. The zero-order valence-corrected chi connectivity index (χ0v) is 22.5. The van der Waals surface area contributed by atoms with Crippen LogP contribution in [0.3, 0.4) is 0 Å². The van der Waals surface area contributed by atoms with E-state index in [0.29, 0.717) is 6.42 Å². The van der Waals surface area contributed by atoms with E-state index >= 15 is 0 Å². The first kappa shape index (κ1) is 28.7. The van der Waals surface area contributed by atoms with Crippen LogP contribution in [0.5, 0.6) is 0 Å². The standard InChI is InChI=1S/C28H31N5O6S/c34-27(24-18-22(39-32-24)10-4-6-16-29-26-11-5-7-17-30-26)31-19-25(28(35)36)33-40(37,38)23-14-12-21(13-15-23)20-8-2-1-3-9-20/h1-3,5,7-9,11-15,17,22,25,33H,4,6,10,16,18-19H2,(H,29,30)(H,31,34)(H,35,36). The number of aliphatic carboxylic acids is 1. The van der Waals surface area contributed by atoms with Crippen LogP contribution in [0.25, 0.3) is 11.1 Å². The number of oxime groups is 1. The van der Waals surface area contributed by atoms with Gasteiger partial charge in [-0.05, 0) is 54.7 Å². The smallest absolute Gasteiger partial charge is 0.323 e. The molecule has 0 fully saturated rings. The normalized spacial score (nSPS) is 15.5. The van der Waals surface area contributed by atoms with Gasteiger partial charge in [0.15, 0.2) is 0 Å². The average molecular weight is 566 g/mol. The van der Waals surface area contributed by atoms with Gasteiger partial charge in [0.05, 0.1) is 4.90 Å². The molecule has 210 valence electrons. The van der Waals surface area contributed by atoms with Crippen LogP contribution in [-0.4, -0.2) is 61.3 Å². The van der Waals surface area contributed by atoms with Gasteiger partial charge < -0.3 is 20.6 Å². The number of carboxylic acid groups (broad SMARTS) is 1. The minimum absolute atomic E-state index is 0.0867. The molecule has 0 saturated carbocycles. The SMILES string of the molecule is O=C(NCC(NS(=O)(=O)c1ccc(-c2ccccc2)cc1)C(=O)O)C1=NOC(CCCCNc2ccccn2)C1. The molecule has 1 amide bonds. The second-order valence-corrected chi connectivity index (χ2v) is 10.9. The summed E-state index contributed by atoms with van der Waals surface area (Å²) in [6.07, 6.45) is 4.19. The van der Waals surface area contributed by atoms with Crippen molar-refractivity contribution < 1.29 is 28.0 Å². The molecule has 2 atom stereocenters. The summed E-state index contributed by atoms with van der Waals surface area (Å²) in [5.41, 5.74) is 1.88. The van der Waals surface area contributed by atoms with Crippen LogP contribution in [-0.2, 0) is 24.4 Å². The van der Waals surface area contributed by atoms with Gasteiger partial charge in [-0.1, -0.05) is 53.7 Å². The topological polar surface area (TPSA) is 159 Å². The van der Waals surface area contributed by atoms with E-state index in [4.69, 9.17) is 4.84 Å². The first-order valence-electron chi connectivity index (χ1n) is 12.9. The first-order chi connectivity index (χ1) is 19.3. The summed E-state index contributed by atoms with van der Waals surface area (Å²) in [6.45, 7) is 0.292. The van der Waals surface area contributed by atoms with E-state index < -0.39 is 34.5 Å². The lowest BCUT2D eigenvalue weighted by molar-refractivity contribution is -0.138. The number of unbranched alkanes of at least 4 members (excludes halogenated alkanes) is 1. The minimum Gasteiger partial charge on any atom is -0.480 e. The Balaban J connectivity index is 1.21. The highest BCUT2D eigenvalue weighted by Gasteiger charge is 2.29. The fraction of sp³-hybridized carbons (Fsp3) is 0.286. The van der Waals surface area contributed by atoms with Gasteiger partial charge in [0, 0.05) is 25.7 Å². The van der Waals surface area contributed by atoms with Gasteiger partial charge in [-0.2, -0.15) is 4.72 Å². The number of sulfonamides is 1. The molecule has 12 heteroatoms. The highest BCUT2D eigenvalue weighted by Crippen LogP contribution is 2.21. The molecule has 2 aromatic carbocycles. The number of aromatic nitrogens is 1. The number of benzene rings is 2. The molecule has 0 bridgehead atoms. The third-order valence-corrected chi connectivity index (χ3v) is 7.74. The zero-order valence-electron chi connectivity index (χ0n) is 21.7. The lowest BCUT2D eigenvalue weighted by Crippen LogP contribution is -2.49. The summed E-state index contributed by atoms with van der Waals surface area (Å²) in [5, 5.41) is 19.1. The number of carboxylic acids is 1. The lowest BCUT2D eigenvalue weighted by atomic mass is 10.1. The summed E-state index contributed by atoms with van der Waals surface area (Å²) in [7, 11) is -4.16. The molecule has 0 radical (unpaired) electrons. The Kier molecular flexibility index (Phi) is 9.81. The van der Waals surface area contributed by atoms with Crippen LogP contribution in [0.4, 0.5) is 5.82 Å². The Hall–Kier alpha value is -4.29. The summed E-state index contributed by atoms with van der Waals surface area (Å²) < 4.78 is 27.8. The van der Waals surface area contributed by atoms with Gasteiger partial charge in [0.2, 0.25) is 10.0 Å².